The third kappa shape index (κ3) is 4.27. The van der Waals surface area contributed by atoms with Gasteiger partial charge < -0.3 is 16.0 Å². The maximum atomic E-state index is 12.5. The van der Waals surface area contributed by atoms with Crippen LogP contribution in [0, 0.1) is 0 Å². The predicted molar refractivity (Wildman–Crippen MR) is 97.0 cm³/mol. The molecule has 0 spiro atoms. The van der Waals surface area contributed by atoms with E-state index in [1.165, 1.54) is 13.1 Å². The zero-order valence-electron chi connectivity index (χ0n) is 14.5. The molecule has 4 N–H and O–H groups in total. The van der Waals surface area contributed by atoms with Crippen LogP contribution in [0.4, 0.5) is 11.4 Å². The molecular formula is C18H21N5O3. The summed E-state index contributed by atoms with van der Waals surface area (Å²) in [6, 6.07) is 6.71. The number of amides is 3. The highest BCUT2D eigenvalue weighted by molar-refractivity contribution is 6.08. The largest absolute Gasteiger partial charge is 0.348 e. The molecule has 0 radical (unpaired) electrons. The van der Waals surface area contributed by atoms with Gasteiger partial charge in [0.05, 0.1) is 5.69 Å². The Balaban J connectivity index is 1.69. The molecule has 3 rings (SSSR count). The maximum Gasteiger partial charge on any atom is 0.274 e. The van der Waals surface area contributed by atoms with Gasteiger partial charge in [0.25, 0.3) is 11.8 Å². The van der Waals surface area contributed by atoms with Crippen LogP contribution in [-0.4, -0.2) is 34.0 Å². The molecule has 8 heteroatoms. The summed E-state index contributed by atoms with van der Waals surface area (Å²) in [5, 5.41) is 14.8. The standard InChI is InChI=1S/C18H21N5O3/c1-11(24)20-14-8-4-5-12(9-14)17(25)22-15-10-19-23-16(15)18(26)21-13-6-2-3-7-13/h4-5,8-10,13H,2-3,6-7H2,1H3,(H,19,23)(H,20,24)(H,21,26)(H,22,25). The maximum absolute atomic E-state index is 12.5. The fourth-order valence-corrected chi connectivity index (χ4v) is 3.02. The average Bonchev–Trinajstić information content (AvgIpc) is 3.26. The SMILES string of the molecule is CC(=O)Nc1cccc(C(=O)Nc2c[nH]nc2C(=O)NC2CCCC2)c1. The summed E-state index contributed by atoms with van der Waals surface area (Å²) in [4.78, 5) is 36.0. The molecule has 1 saturated carbocycles. The predicted octanol–water partition coefficient (Wildman–Crippen LogP) is 2.29. The van der Waals surface area contributed by atoms with Crippen molar-refractivity contribution in [1.82, 2.24) is 15.5 Å². The van der Waals surface area contributed by atoms with Gasteiger partial charge in [-0.25, -0.2) is 0 Å². The van der Waals surface area contributed by atoms with Gasteiger partial charge in [0.2, 0.25) is 5.91 Å². The second-order valence-corrected chi connectivity index (χ2v) is 6.32. The summed E-state index contributed by atoms with van der Waals surface area (Å²) in [6.07, 6.45) is 5.63. The highest BCUT2D eigenvalue weighted by atomic mass is 16.2. The fourth-order valence-electron chi connectivity index (χ4n) is 3.02. The Morgan fingerprint density at radius 2 is 1.88 bits per heavy atom. The number of aromatic nitrogens is 2. The second-order valence-electron chi connectivity index (χ2n) is 6.32. The van der Waals surface area contributed by atoms with Gasteiger partial charge in [0.1, 0.15) is 0 Å². The lowest BCUT2D eigenvalue weighted by molar-refractivity contribution is -0.114. The number of hydrogen-bond acceptors (Lipinski definition) is 4. The van der Waals surface area contributed by atoms with Crippen molar-refractivity contribution in [1.29, 1.82) is 0 Å². The van der Waals surface area contributed by atoms with E-state index in [2.05, 4.69) is 26.1 Å². The fraction of sp³-hybridized carbons (Fsp3) is 0.333. The molecule has 1 fully saturated rings. The van der Waals surface area contributed by atoms with E-state index in [4.69, 9.17) is 0 Å². The van der Waals surface area contributed by atoms with Crippen LogP contribution in [0.5, 0.6) is 0 Å². The zero-order chi connectivity index (χ0) is 18.5. The molecule has 0 bridgehead atoms. The van der Waals surface area contributed by atoms with Gasteiger partial charge in [-0.1, -0.05) is 18.9 Å². The Morgan fingerprint density at radius 3 is 2.62 bits per heavy atom. The van der Waals surface area contributed by atoms with Crippen molar-refractivity contribution in [2.45, 2.75) is 38.6 Å². The van der Waals surface area contributed by atoms with Gasteiger partial charge in [0, 0.05) is 30.4 Å². The van der Waals surface area contributed by atoms with E-state index < -0.39 is 5.91 Å². The van der Waals surface area contributed by atoms with E-state index in [9.17, 15) is 14.4 Å². The van der Waals surface area contributed by atoms with E-state index in [1.54, 1.807) is 24.3 Å². The highest BCUT2D eigenvalue weighted by Gasteiger charge is 2.22. The van der Waals surface area contributed by atoms with Gasteiger partial charge in [0.15, 0.2) is 5.69 Å². The summed E-state index contributed by atoms with van der Waals surface area (Å²) >= 11 is 0. The number of nitrogens with zero attached hydrogens (tertiary/aromatic N) is 1. The molecule has 1 aromatic carbocycles. The molecule has 3 amide bonds. The molecule has 1 aliphatic carbocycles. The first-order valence-electron chi connectivity index (χ1n) is 8.56. The van der Waals surface area contributed by atoms with E-state index in [0.717, 1.165) is 25.7 Å². The Morgan fingerprint density at radius 1 is 1.12 bits per heavy atom. The van der Waals surface area contributed by atoms with Crippen LogP contribution < -0.4 is 16.0 Å². The van der Waals surface area contributed by atoms with Gasteiger partial charge in [-0.15, -0.1) is 0 Å². The number of carbonyl (C=O) groups excluding carboxylic acids is 3. The van der Waals surface area contributed by atoms with Crippen LogP contribution in [0.1, 0.15) is 53.5 Å². The van der Waals surface area contributed by atoms with Gasteiger partial charge in [-0.3, -0.25) is 19.5 Å². The molecule has 2 aromatic rings. The average molecular weight is 355 g/mol. The summed E-state index contributed by atoms with van der Waals surface area (Å²) < 4.78 is 0. The van der Waals surface area contributed by atoms with E-state index in [-0.39, 0.29) is 23.6 Å². The third-order valence-electron chi connectivity index (χ3n) is 4.24. The van der Waals surface area contributed by atoms with Crippen LogP contribution in [0.2, 0.25) is 0 Å². The number of benzene rings is 1. The van der Waals surface area contributed by atoms with Crippen LogP contribution in [0.15, 0.2) is 30.5 Å². The molecule has 1 aromatic heterocycles. The van der Waals surface area contributed by atoms with Crippen molar-refractivity contribution in [3.05, 3.63) is 41.7 Å². The Labute approximate surface area is 150 Å². The van der Waals surface area contributed by atoms with Crippen molar-refractivity contribution < 1.29 is 14.4 Å². The molecule has 0 atom stereocenters. The summed E-state index contributed by atoms with van der Waals surface area (Å²) in [7, 11) is 0. The molecule has 0 unspecified atom stereocenters. The van der Waals surface area contributed by atoms with Crippen molar-refractivity contribution >= 4 is 29.1 Å². The zero-order valence-corrected chi connectivity index (χ0v) is 14.5. The molecule has 26 heavy (non-hydrogen) atoms. The van der Waals surface area contributed by atoms with Gasteiger partial charge in [-0.05, 0) is 31.0 Å². The molecule has 1 heterocycles. The minimum absolute atomic E-state index is 0.156. The van der Waals surface area contributed by atoms with Crippen molar-refractivity contribution in [2.75, 3.05) is 10.6 Å². The lowest BCUT2D eigenvalue weighted by Crippen LogP contribution is -2.33. The number of anilines is 2. The summed E-state index contributed by atoms with van der Waals surface area (Å²) in [5.74, 6) is -0.919. The molecule has 1 aliphatic rings. The van der Waals surface area contributed by atoms with E-state index in [0.29, 0.717) is 16.9 Å². The number of nitrogens with one attached hydrogen (secondary N) is 4. The highest BCUT2D eigenvalue weighted by Crippen LogP contribution is 2.20. The van der Waals surface area contributed by atoms with Crippen LogP contribution >= 0.6 is 0 Å². The first-order chi connectivity index (χ1) is 12.5. The van der Waals surface area contributed by atoms with Gasteiger partial charge >= 0.3 is 0 Å². The molecule has 0 aliphatic heterocycles. The summed E-state index contributed by atoms with van der Waals surface area (Å²) in [5.41, 5.74) is 1.36. The van der Waals surface area contributed by atoms with Crippen molar-refractivity contribution in [3.63, 3.8) is 0 Å². The molecule has 136 valence electrons. The Bertz CT molecular complexity index is 824. The van der Waals surface area contributed by atoms with E-state index in [1.807, 2.05) is 0 Å². The Hall–Kier alpha value is -3.16. The topological polar surface area (TPSA) is 116 Å². The van der Waals surface area contributed by atoms with Crippen LogP contribution in [0.3, 0.4) is 0 Å². The van der Waals surface area contributed by atoms with E-state index >= 15 is 0 Å². The monoisotopic (exact) mass is 355 g/mol. The lowest BCUT2D eigenvalue weighted by atomic mass is 10.1. The summed E-state index contributed by atoms with van der Waals surface area (Å²) in [6.45, 7) is 1.40. The molecule has 8 nitrogen and oxygen atoms in total. The minimum atomic E-state index is -0.395. The van der Waals surface area contributed by atoms with Crippen molar-refractivity contribution in [2.24, 2.45) is 0 Å². The number of rotatable bonds is 5. The normalized spacial score (nSPS) is 14.0. The molecular weight excluding hydrogens is 334 g/mol. The second kappa shape index (κ2) is 7.81. The van der Waals surface area contributed by atoms with Crippen molar-refractivity contribution in [3.8, 4) is 0 Å². The third-order valence-corrected chi connectivity index (χ3v) is 4.24. The smallest absolute Gasteiger partial charge is 0.274 e. The number of carbonyl (C=O) groups is 3. The first kappa shape index (κ1) is 17.7. The van der Waals surface area contributed by atoms with Gasteiger partial charge in [-0.2, -0.15) is 5.10 Å². The van der Waals surface area contributed by atoms with Crippen LogP contribution in [0.25, 0.3) is 0 Å². The van der Waals surface area contributed by atoms with Crippen LogP contribution in [-0.2, 0) is 4.79 Å². The molecule has 0 saturated heterocycles. The quantitative estimate of drug-likeness (QED) is 0.658. The lowest BCUT2D eigenvalue weighted by Gasteiger charge is -2.12. The number of hydrogen-bond donors (Lipinski definition) is 4. The first-order valence-corrected chi connectivity index (χ1v) is 8.56. The Kier molecular flexibility index (Phi) is 5.31. The number of aromatic amines is 1. The minimum Gasteiger partial charge on any atom is -0.348 e. The number of H-pyrrole nitrogens is 1.